The van der Waals surface area contributed by atoms with Crippen LogP contribution in [0.25, 0.3) is 0 Å². The number of nitrogens with zero attached hydrogens (tertiary/aromatic N) is 4. The molecule has 0 atom stereocenters. The van der Waals surface area contributed by atoms with Crippen LogP contribution in [-0.2, 0) is 12.0 Å². The fraction of sp³-hybridized carbons (Fsp3) is 0.462. The first kappa shape index (κ1) is 13.0. The smallest absolute Gasteiger partial charge is 0.208 e. The van der Waals surface area contributed by atoms with Crippen molar-refractivity contribution >= 4 is 16.5 Å². The molecule has 0 unspecified atom stereocenters. The zero-order valence-electron chi connectivity index (χ0n) is 11.2. The largest absolute Gasteiger partial charge is 0.345 e. The standard InChI is InChI=1S/C13H18N4S/c1-13(2,3)11-15-16-12(18-11)17(4)9-10-5-7-14-8-6-10/h5-8H,9H2,1-4H3. The molecule has 0 saturated heterocycles. The summed E-state index contributed by atoms with van der Waals surface area (Å²) >= 11 is 1.66. The van der Waals surface area contributed by atoms with Crippen LogP contribution in [0, 0.1) is 0 Å². The number of rotatable bonds is 3. The minimum atomic E-state index is 0.0629. The Bertz CT molecular complexity index is 501. The van der Waals surface area contributed by atoms with Gasteiger partial charge in [0.2, 0.25) is 5.13 Å². The third-order valence-electron chi connectivity index (χ3n) is 2.55. The number of hydrogen-bond acceptors (Lipinski definition) is 5. The van der Waals surface area contributed by atoms with Gasteiger partial charge >= 0.3 is 0 Å². The van der Waals surface area contributed by atoms with E-state index in [1.54, 1.807) is 11.3 Å². The molecular weight excluding hydrogens is 244 g/mol. The molecule has 0 aliphatic carbocycles. The van der Waals surface area contributed by atoms with Crippen molar-refractivity contribution in [2.24, 2.45) is 0 Å². The maximum absolute atomic E-state index is 4.26. The van der Waals surface area contributed by atoms with E-state index in [0.29, 0.717) is 0 Å². The van der Waals surface area contributed by atoms with E-state index in [2.05, 4.69) is 40.9 Å². The van der Waals surface area contributed by atoms with Crippen LogP contribution in [0.4, 0.5) is 5.13 Å². The quantitative estimate of drug-likeness (QED) is 0.853. The van der Waals surface area contributed by atoms with Crippen LogP contribution in [-0.4, -0.2) is 22.2 Å². The SMILES string of the molecule is CN(Cc1ccncc1)c1nnc(C(C)(C)C)s1. The molecule has 0 radical (unpaired) electrons. The molecule has 2 aromatic heterocycles. The second kappa shape index (κ2) is 5.02. The molecule has 2 heterocycles. The van der Waals surface area contributed by atoms with Gasteiger partial charge in [0, 0.05) is 31.4 Å². The van der Waals surface area contributed by atoms with Gasteiger partial charge in [-0.05, 0) is 17.7 Å². The van der Waals surface area contributed by atoms with Crippen LogP contribution in [0.5, 0.6) is 0 Å². The first-order chi connectivity index (χ1) is 8.47. The lowest BCUT2D eigenvalue weighted by molar-refractivity contribution is 0.578. The molecule has 18 heavy (non-hydrogen) atoms. The molecule has 0 fully saturated rings. The molecule has 0 saturated carbocycles. The average Bonchev–Trinajstić information content (AvgIpc) is 2.79. The fourth-order valence-electron chi connectivity index (χ4n) is 1.50. The lowest BCUT2D eigenvalue weighted by atomic mass is 9.98. The molecule has 0 bridgehead atoms. The average molecular weight is 262 g/mol. The van der Waals surface area contributed by atoms with Gasteiger partial charge in [-0.3, -0.25) is 4.98 Å². The number of anilines is 1. The predicted octanol–water partition coefficient (Wildman–Crippen LogP) is 2.87. The van der Waals surface area contributed by atoms with E-state index < -0.39 is 0 Å². The highest BCUT2D eigenvalue weighted by Crippen LogP contribution is 2.29. The molecule has 0 aliphatic rings. The Hall–Kier alpha value is -1.49. The van der Waals surface area contributed by atoms with Crippen molar-refractivity contribution in [1.82, 2.24) is 15.2 Å². The van der Waals surface area contributed by atoms with E-state index in [1.807, 2.05) is 31.6 Å². The normalized spacial score (nSPS) is 11.6. The molecule has 0 aromatic carbocycles. The van der Waals surface area contributed by atoms with Gasteiger partial charge in [0.05, 0.1) is 0 Å². The van der Waals surface area contributed by atoms with Crippen LogP contribution in [0.2, 0.25) is 0 Å². The van der Waals surface area contributed by atoms with Crippen LogP contribution in [0.15, 0.2) is 24.5 Å². The molecule has 5 heteroatoms. The van der Waals surface area contributed by atoms with Gasteiger partial charge in [-0.1, -0.05) is 32.1 Å². The summed E-state index contributed by atoms with van der Waals surface area (Å²) in [6, 6.07) is 4.03. The zero-order chi connectivity index (χ0) is 13.2. The Balaban J connectivity index is 2.10. The topological polar surface area (TPSA) is 41.9 Å². The summed E-state index contributed by atoms with van der Waals surface area (Å²) in [6.45, 7) is 7.28. The van der Waals surface area contributed by atoms with Crippen molar-refractivity contribution in [1.29, 1.82) is 0 Å². The second-order valence-corrected chi connectivity index (χ2v) is 6.31. The lowest BCUT2D eigenvalue weighted by Gasteiger charge is -2.15. The summed E-state index contributed by atoms with van der Waals surface area (Å²) in [5.74, 6) is 0. The van der Waals surface area contributed by atoms with Crippen LogP contribution >= 0.6 is 11.3 Å². The molecule has 0 aliphatic heterocycles. The molecule has 4 nitrogen and oxygen atoms in total. The summed E-state index contributed by atoms with van der Waals surface area (Å²) in [4.78, 5) is 6.13. The van der Waals surface area contributed by atoms with Gasteiger partial charge in [0.25, 0.3) is 0 Å². The third kappa shape index (κ3) is 3.04. The molecule has 0 spiro atoms. The summed E-state index contributed by atoms with van der Waals surface area (Å²) in [7, 11) is 2.04. The highest BCUT2D eigenvalue weighted by Gasteiger charge is 2.20. The van der Waals surface area contributed by atoms with Crippen molar-refractivity contribution in [3.05, 3.63) is 35.1 Å². The van der Waals surface area contributed by atoms with Gasteiger partial charge in [-0.2, -0.15) is 0 Å². The van der Waals surface area contributed by atoms with Gasteiger partial charge in [-0.15, -0.1) is 10.2 Å². The van der Waals surface area contributed by atoms with Crippen molar-refractivity contribution in [3.63, 3.8) is 0 Å². The Morgan fingerprint density at radius 2 is 1.83 bits per heavy atom. The Morgan fingerprint density at radius 3 is 2.39 bits per heavy atom. The van der Waals surface area contributed by atoms with E-state index in [4.69, 9.17) is 0 Å². The van der Waals surface area contributed by atoms with E-state index in [-0.39, 0.29) is 5.41 Å². The van der Waals surface area contributed by atoms with Crippen LogP contribution < -0.4 is 4.90 Å². The zero-order valence-corrected chi connectivity index (χ0v) is 12.0. The van der Waals surface area contributed by atoms with E-state index >= 15 is 0 Å². The van der Waals surface area contributed by atoms with Crippen molar-refractivity contribution < 1.29 is 0 Å². The minimum absolute atomic E-state index is 0.0629. The van der Waals surface area contributed by atoms with Gasteiger partial charge in [0.15, 0.2) is 0 Å². The van der Waals surface area contributed by atoms with Crippen molar-refractivity contribution in [2.45, 2.75) is 32.7 Å². The van der Waals surface area contributed by atoms with Gasteiger partial charge in [0.1, 0.15) is 5.01 Å². The highest BCUT2D eigenvalue weighted by atomic mass is 32.1. The molecular formula is C13H18N4S. The van der Waals surface area contributed by atoms with Gasteiger partial charge in [-0.25, -0.2) is 0 Å². The molecule has 2 aromatic rings. The first-order valence-electron chi connectivity index (χ1n) is 5.91. The monoisotopic (exact) mass is 262 g/mol. The Morgan fingerprint density at radius 1 is 1.17 bits per heavy atom. The summed E-state index contributed by atoms with van der Waals surface area (Å²) in [5.41, 5.74) is 1.29. The van der Waals surface area contributed by atoms with E-state index in [1.165, 1.54) is 5.56 Å². The molecule has 2 rings (SSSR count). The highest BCUT2D eigenvalue weighted by molar-refractivity contribution is 7.15. The number of aromatic nitrogens is 3. The second-order valence-electron chi connectivity index (χ2n) is 5.35. The first-order valence-corrected chi connectivity index (χ1v) is 6.72. The predicted molar refractivity (Wildman–Crippen MR) is 75.0 cm³/mol. The van der Waals surface area contributed by atoms with Crippen molar-refractivity contribution in [2.75, 3.05) is 11.9 Å². The Labute approximate surface area is 112 Å². The number of hydrogen-bond donors (Lipinski definition) is 0. The lowest BCUT2D eigenvalue weighted by Crippen LogP contribution is -2.16. The van der Waals surface area contributed by atoms with Crippen LogP contribution in [0.1, 0.15) is 31.3 Å². The van der Waals surface area contributed by atoms with E-state index in [0.717, 1.165) is 16.7 Å². The Kier molecular flexibility index (Phi) is 3.61. The number of pyridine rings is 1. The maximum Gasteiger partial charge on any atom is 0.208 e. The molecule has 0 N–H and O–H groups in total. The molecule has 96 valence electrons. The van der Waals surface area contributed by atoms with Crippen molar-refractivity contribution in [3.8, 4) is 0 Å². The van der Waals surface area contributed by atoms with Gasteiger partial charge < -0.3 is 4.90 Å². The minimum Gasteiger partial charge on any atom is -0.345 e. The summed E-state index contributed by atoms with van der Waals surface area (Å²) in [6.07, 6.45) is 3.62. The fourth-order valence-corrected chi connectivity index (χ4v) is 2.37. The summed E-state index contributed by atoms with van der Waals surface area (Å²) in [5, 5.41) is 10.5. The van der Waals surface area contributed by atoms with Crippen LogP contribution in [0.3, 0.4) is 0 Å². The third-order valence-corrected chi connectivity index (χ3v) is 4.01. The maximum atomic E-state index is 4.26. The molecule has 0 amide bonds. The van der Waals surface area contributed by atoms with E-state index in [9.17, 15) is 0 Å². The summed E-state index contributed by atoms with van der Waals surface area (Å²) < 4.78 is 0.